The lowest BCUT2D eigenvalue weighted by Gasteiger charge is -2.33. The molecular weight excluding hydrogens is 422 g/mol. The quantitative estimate of drug-likeness (QED) is 0.399. The molecule has 0 bridgehead atoms. The van der Waals surface area contributed by atoms with Crippen LogP contribution in [0, 0.1) is 5.92 Å². The zero-order chi connectivity index (χ0) is 24.5. The number of aryl methyl sites for hydroxylation is 1. The van der Waals surface area contributed by atoms with Gasteiger partial charge in [0.15, 0.2) is 0 Å². The van der Waals surface area contributed by atoms with E-state index in [0.29, 0.717) is 22.7 Å². The molecule has 0 spiro atoms. The number of hydrogen-bond donors (Lipinski definition) is 2. The first-order valence-corrected chi connectivity index (χ1v) is 13.0. The van der Waals surface area contributed by atoms with Crippen molar-refractivity contribution in [3.63, 3.8) is 0 Å². The lowest BCUT2D eigenvalue weighted by molar-refractivity contribution is 0.0942. The third kappa shape index (κ3) is 7.34. The van der Waals surface area contributed by atoms with Gasteiger partial charge in [0, 0.05) is 36.1 Å². The van der Waals surface area contributed by atoms with Crippen LogP contribution in [-0.2, 0) is 6.42 Å². The van der Waals surface area contributed by atoms with E-state index in [1.165, 1.54) is 31.2 Å². The number of carbonyl (C=O) groups is 2. The number of rotatable bonds is 10. The number of piperidine rings is 1. The molecule has 184 valence electrons. The van der Waals surface area contributed by atoms with Crippen LogP contribution in [0.1, 0.15) is 92.5 Å². The molecule has 2 N–H and O–H groups in total. The van der Waals surface area contributed by atoms with Crippen molar-refractivity contribution < 1.29 is 9.59 Å². The number of anilines is 2. The van der Waals surface area contributed by atoms with Crippen molar-refractivity contribution in [1.29, 1.82) is 0 Å². The fraction of sp³-hybridized carbons (Fsp3) is 0.517. The van der Waals surface area contributed by atoms with E-state index in [0.717, 1.165) is 38.0 Å². The molecule has 0 saturated carbocycles. The number of carbonyl (C=O) groups excluding carboxylic acids is 2. The Morgan fingerprint density at radius 3 is 2.32 bits per heavy atom. The molecule has 0 radical (unpaired) electrons. The van der Waals surface area contributed by atoms with Crippen LogP contribution < -0.4 is 15.5 Å². The highest BCUT2D eigenvalue weighted by molar-refractivity contribution is 6.06. The molecule has 0 aliphatic carbocycles. The van der Waals surface area contributed by atoms with E-state index >= 15 is 0 Å². The van der Waals surface area contributed by atoms with Crippen molar-refractivity contribution in [3.8, 4) is 0 Å². The van der Waals surface area contributed by atoms with Crippen LogP contribution >= 0.6 is 0 Å². The fourth-order valence-electron chi connectivity index (χ4n) is 4.44. The Kier molecular flexibility index (Phi) is 9.55. The second-order valence-electron chi connectivity index (χ2n) is 9.99. The van der Waals surface area contributed by atoms with Gasteiger partial charge in [0.05, 0.1) is 5.56 Å². The van der Waals surface area contributed by atoms with E-state index in [1.807, 2.05) is 56.3 Å². The van der Waals surface area contributed by atoms with E-state index in [4.69, 9.17) is 0 Å². The topological polar surface area (TPSA) is 61.4 Å². The summed E-state index contributed by atoms with van der Waals surface area (Å²) in [6, 6.07) is 13.6. The van der Waals surface area contributed by atoms with Gasteiger partial charge in [0.1, 0.15) is 0 Å². The maximum absolute atomic E-state index is 13.0. The van der Waals surface area contributed by atoms with Crippen LogP contribution in [0.5, 0.6) is 0 Å². The summed E-state index contributed by atoms with van der Waals surface area (Å²) in [5.41, 5.74) is 4.08. The fourth-order valence-corrected chi connectivity index (χ4v) is 4.44. The monoisotopic (exact) mass is 463 g/mol. The highest BCUT2D eigenvalue weighted by Gasteiger charge is 2.22. The minimum atomic E-state index is -0.160. The Hall–Kier alpha value is -2.82. The SMILES string of the molecule is CCCCCCc1ccc(C(=O)Nc2ccc(N3CCC(C)CC3)c(C(=O)NC(C)C)c2)cc1. The molecule has 5 nitrogen and oxygen atoms in total. The zero-order valence-electron chi connectivity index (χ0n) is 21.3. The Morgan fingerprint density at radius 1 is 0.971 bits per heavy atom. The van der Waals surface area contributed by atoms with Crippen molar-refractivity contribution in [1.82, 2.24) is 5.32 Å². The second-order valence-corrected chi connectivity index (χ2v) is 9.99. The van der Waals surface area contributed by atoms with E-state index in [2.05, 4.69) is 29.4 Å². The molecule has 1 aliphatic heterocycles. The van der Waals surface area contributed by atoms with Gasteiger partial charge in [-0.25, -0.2) is 0 Å². The number of nitrogens with zero attached hydrogens (tertiary/aromatic N) is 1. The number of amides is 2. The first-order valence-electron chi connectivity index (χ1n) is 13.0. The number of hydrogen-bond acceptors (Lipinski definition) is 3. The van der Waals surface area contributed by atoms with E-state index in [1.54, 1.807) is 0 Å². The zero-order valence-corrected chi connectivity index (χ0v) is 21.3. The summed E-state index contributed by atoms with van der Waals surface area (Å²) in [5.74, 6) is 0.449. The Labute approximate surface area is 205 Å². The average molecular weight is 464 g/mol. The van der Waals surface area contributed by atoms with Crippen LogP contribution in [0.4, 0.5) is 11.4 Å². The molecule has 1 fully saturated rings. The van der Waals surface area contributed by atoms with Gasteiger partial charge in [-0.2, -0.15) is 0 Å². The largest absolute Gasteiger partial charge is 0.371 e. The molecule has 0 aromatic heterocycles. The molecular formula is C29H41N3O2. The summed E-state index contributed by atoms with van der Waals surface area (Å²) in [6.07, 6.45) is 8.23. The first kappa shape index (κ1) is 25.8. The van der Waals surface area contributed by atoms with Gasteiger partial charge < -0.3 is 15.5 Å². The van der Waals surface area contributed by atoms with Crippen LogP contribution in [0.2, 0.25) is 0 Å². The molecule has 1 heterocycles. The van der Waals surface area contributed by atoms with Crippen molar-refractivity contribution in [2.45, 2.75) is 78.7 Å². The van der Waals surface area contributed by atoms with Gasteiger partial charge in [-0.1, -0.05) is 45.2 Å². The predicted octanol–water partition coefficient (Wildman–Crippen LogP) is 6.44. The van der Waals surface area contributed by atoms with Crippen molar-refractivity contribution in [3.05, 3.63) is 59.2 Å². The van der Waals surface area contributed by atoms with Crippen molar-refractivity contribution >= 4 is 23.2 Å². The Bertz CT molecular complexity index is 944. The molecule has 0 atom stereocenters. The highest BCUT2D eigenvalue weighted by Crippen LogP contribution is 2.29. The Morgan fingerprint density at radius 2 is 1.68 bits per heavy atom. The van der Waals surface area contributed by atoms with Gasteiger partial charge >= 0.3 is 0 Å². The van der Waals surface area contributed by atoms with E-state index in [-0.39, 0.29) is 17.9 Å². The smallest absolute Gasteiger partial charge is 0.255 e. The van der Waals surface area contributed by atoms with Gasteiger partial charge in [-0.3, -0.25) is 9.59 Å². The Balaban J connectivity index is 1.72. The van der Waals surface area contributed by atoms with Crippen molar-refractivity contribution in [2.24, 2.45) is 5.92 Å². The standard InChI is InChI=1S/C29H41N3O2/c1-5-6-7-8-9-23-10-12-24(13-11-23)28(33)31-25-14-15-27(32-18-16-22(4)17-19-32)26(20-25)29(34)30-21(2)3/h10-15,20-22H,5-9,16-19H2,1-4H3,(H,30,34)(H,31,33). The molecule has 1 saturated heterocycles. The summed E-state index contributed by atoms with van der Waals surface area (Å²) in [7, 11) is 0. The van der Waals surface area contributed by atoms with Gasteiger partial charge in [0.2, 0.25) is 0 Å². The summed E-state index contributed by atoms with van der Waals surface area (Å²) in [4.78, 5) is 28.2. The van der Waals surface area contributed by atoms with Gasteiger partial charge in [-0.05, 0) is 81.3 Å². The second kappa shape index (κ2) is 12.6. The molecule has 0 unspecified atom stereocenters. The van der Waals surface area contributed by atoms with Crippen molar-refractivity contribution in [2.75, 3.05) is 23.3 Å². The molecule has 5 heteroatoms. The third-order valence-corrected chi connectivity index (χ3v) is 6.58. The predicted molar refractivity (Wildman–Crippen MR) is 142 cm³/mol. The molecule has 2 amide bonds. The third-order valence-electron chi connectivity index (χ3n) is 6.58. The summed E-state index contributed by atoms with van der Waals surface area (Å²) in [6.45, 7) is 10.3. The number of nitrogens with one attached hydrogen (secondary N) is 2. The normalized spacial score (nSPS) is 14.3. The maximum Gasteiger partial charge on any atom is 0.255 e. The number of benzene rings is 2. The van der Waals surface area contributed by atoms with Gasteiger partial charge in [0.25, 0.3) is 11.8 Å². The minimum Gasteiger partial charge on any atom is -0.371 e. The van der Waals surface area contributed by atoms with E-state index < -0.39 is 0 Å². The summed E-state index contributed by atoms with van der Waals surface area (Å²) < 4.78 is 0. The molecule has 1 aliphatic rings. The van der Waals surface area contributed by atoms with E-state index in [9.17, 15) is 9.59 Å². The number of unbranched alkanes of at least 4 members (excludes halogenated alkanes) is 3. The maximum atomic E-state index is 13.0. The first-order chi connectivity index (χ1) is 16.4. The molecule has 2 aromatic rings. The minimum absolute atomic E-state index is 0.0421. The lowest BCUT2D eigenvalue weighted by Crippen LogP contribution is -2.36. The molecule has 2 aromatic carbocycles. The van der Waals surface area contributed by atoms with Crippen LogP contribution in [-0.4, -0.2) is 30.9 Å². The molecule has 34 heavy (non-hydrogen) atoms. The summed E-state index contributed by atoms with van der Waals surface area (Å²) in [5, 5.41) is 6.00. The average Bonchev–Trinajstić information content (AvgIpc) is 2.82. The van der Waals surface area contributed by atoms with Crippen LogP contribution in [0.25, 0.3) is 0 Å². The lowest BCUT2D eigenvalue weighted by atomic mass is 9.97. The van der Waals surface area contributed by atoms with Crippen LogP contribution in [0.15, 0.2) is 42.5 Å². The molecule has 3 rings (SSSR count). The highest BCUT2D eigenvalue weighted by atomic mass is 16.2. The van der Waals surface area contributed by atoms with Gasteiger partial charge in [-0.15, -0.1) is 0 Å². The summed E-state index contributed by atoms with van der Waals surface area (Å²) >= 11 is 0. The van der Waals surface area contributed by atoms with Crippen LogP contribution in [0.3, 0.4) is 0 Å².